The van der Waals surface area contributed by atoms with E-state index in [4.69, 9.17) is 0 Å². The van der Waals surface area contributed by atoms with Crippen LogP contribution >= 0.6 is 31.9 Å². The maximum Gasteiger partial charge on any atom is 0.0847 e. The van der Waals surface area contributed by atoms with Crippen molar-refractivity contribution in [2.24, 2.45) is 0 Å². The quantitative estimate of drug-likeness (QED) is 0.715. The molecule has 0 bridgehead atoms. The van der Waals surface area contributed by atoms with Gasteiger partial charge in [0.05, 0.1) is 5.52 Å². The van der Waals surface area contributed by atoms with Crippen molar-refractivity contribution >= 4 is 42.8 Å². The highest BCUT2D eigenvalue weighted by Gasteiger charge is 2.04. The van der Waals surface area contributed by atoms with Crippen LogP contribution in [0.2, 0.25) is 0 Å². The number of aromatic nitrogens is 1. The molecule has 0 amide bonds. The van der Waals surface area contributed by atoms with Crippen LogP contribution < -0.4 is 0 Å². The zero-order valence-electron chi connectivity index (χ0n) is 7.01. The van der Waals surface area contributed by atoms with E-state index in [2.05, 4.69) is 49.8 Å². The number of rotatable bonds is 0. The second kappa shape index (κ2) is 3.39. The van der Waals surface area contributed by atoms with Crippen LogP contribution in [0.3, 0.4) is 0 Å². The van der Waals surface area contributed by atoms with Gasteiger partial charge in [-0.05, 0) is 50.4 Å². The molecule has 1 nitrogen and oxygen atoms in total. The van der Waals surface area contributed by atoms with Crippen LogP contribution in [0.5, 0.6) is 0 Å². The molecule has 1 aromatic carbocycles. The minimum absolute atomic E-state index is 1.02. The third-order valence-electron chi connectivity index (χ3n) is 2.06. The standard InChI is InChI=1S/C10H7Br2N/c1-6-7-3-2-4-8(11)10(7)13-5-9(6)12/h2-5H,1H3. The first-order valence-corrected chi connectivity index (χ1v) is 5.48. The monoisotopic (exact) mass is 299 g/mol. The number of para-hydroxylation sites is 1. The predicted molar refractivity (Wildman–Crippen MR) is 61.9 cm³/mol. The summed E-state index contributed by atoms with van der Waals surface area (Å²) < 4.78 is 2.10. The molecular weight excluding hydrogens is 294 g/mol. The topological polar surface area (TPSA) is 12.9 Å². The molecule has 0 saturated heterocycles. The van der Waals surface area contributed by atoms with Crippen molar-refractivity contribution in [1.82, 2.24) is 4.98 Å². The fourth-order valence-corrected chi connectivity index (χ4v) is 2.08. The van der Waals surface area contributed by atoms with Gasteiger partial charge in [0.1, 0.15) is 0 Å². The summed E-state index contributed by atoms with van der Waals surface area (Å²) in [4.78, 5) is 4.35. The predicted octanol–water partition coefficient (Wildman–Crippen LogP) is 4.07. The Kier molecular flexibility index (Phi) is 2.39. The molecule has 0 radical (unpaired) electrons. The normalized spacial score (nSPS) is 10.7. The minimum Gasteiger partial charge on any atom is -0.254 e. The van der Waals surface area contributed by atoms with E-state index in [1.165, 1.54) is 10.9 Å². The van der Waals surface area contributed by atoms with E-state index in [0.717, 1.165) is 14.5 Å². The minimum atomic E-state index is 1.02. The van der Waals surface area contributed by atoms with E-state index >= 15 is 0 Å². The van der Waals surface area contributed by atoms with Crippen molar-refractivity contribution in [3.8, 4) is 0 Å². The summed E-state index contributed by atoms with van der Waals surface area (Å²) in [7, 11) is 0. The number of hydrogen-bond donors (Lipinski definition) is 0. The lowest BCUT2D eigenvalue weighted by molar-refractivity contribution is 1.33. The molecule has 1 heterocycles. The van der Waals surface area contributed by atoms with Crippen molar-refractivity contribution in [1.29, 1.82) is 0 Å². The van der Waals surface area contributed by atoms with E-state index in [1.54, 1.807) is 0 Å². The molecule has 0 atom stereocenters. The molecule has 1 aromatic heterocycles. The lowest BCUT2D eigenvalue weighted by atomic mass is 10.1. The summed E-state index contributed by atoms with van der Waals surface area (Å²) >= 11 is 6.94. The Labute approximate surface area is 93.4 Å². The van der Waals surface area contributed by atoms with Gasteiger partial charge in [-0.1, -0.05) is 12.1 Å². The van der Waals surface area contributed by atoms with Crippen LogP contribution in [0, 0.1) is 6.92 Å². The van der Waals surface area contributed by atoms with Crippen molar-refractivity contribution in [2.45, 2.75) is 6.92 Å². The number of pyridine rings is 1. The van der Waals surface area contributed by atoms with Crippen molar-refractivity contribution in [2.75, 3.05) is 0 Å². The highest BCUT2D eigenvalue weighted by molar-refractivity contribution is 9.11. The van der Waals surface area contributed by atoms with Gasteiger partial charge in [0, 0.05) is 20.5 Å². The molecule has 3 heteroatoms. The van der Waals surface area contributed by atoms with Crippen LogP contribution in [0.25, 0.3) is 10.9 Å². The third-order valence-corrected chi connectivity index (χ3v) is 3.50. The van der Waals surface area contributed by atoms with Gasteiger partial charge < -0.3 is 0 Å². The SMILES string of the molecule is Cc1c(Br)cnc2c(Br)cccc12. The molecule has 0 aliphatic carbocycles. The fourth-order valence-electron chi connectivity index (χ4n) is 1.30. The highest BCUT2D eigenvalue weighted by atomic mass is 79.9. The van der Waals surface area contributed by atoms with Crippen molar-refractivity contribution < 1.29 is 0 Å². The van der Waals surface area contributed by atoms with Gasteiger partial charge in [-0.2, -0.15) is 0 Å². The first kappa shape index (κ1) is 9.16. The average molecular weight is 301 g/mol. The molecule has 66 valence electrons. The Bertz CT molecular complexity index is 466. The van der Waals surface area contributed by atoms with Gasteiger partial charge in [0.15, 0.2) is 0 Å². The molecule has 2 rings (SSSR count). The first-order chi connectivity index (χ1) is 6.20. The molecule has 0 spiro atoms. The molecule has 0 N–H and O–H groups in total. The zero-order valence-corrected chi connectivity index (χ0v) is 10.2. The zero-order chi connectivity index (χ0) is 9.42. The van der Waals surface area contributed by atoms with Crippen LogP contribution in [-0.2, 0) is 0 Å². The number of fused-ring (bicyclic) bond motifs is 1. The summed E-state index contributed by atoms with van der Waals surface area (Å²) in [5.41, 5.74) is 2.24. The first-order valence-electron chi connectivity index (χ1n) is 3.89. The molecule has 2 aromatic rings. The number of benzene rings is 1. The second-order valence-electron chi connectivity index (χ2n) is 2.87. The van der Waals surface area contributed by atoms with E-state index in [9.17, 15) is 0 Å². The van der Waals surface area contributed by atoms with Crippen molar-refractivity contribution in [3.63, 3.8) is 0 Å². The molecule has 0 aliphatic heterocycles. The average Bonchev–Trinajstić information content (AvgIpc) is 2.12. The largest absolute Gasteiger partial charge is 0.254 e. The summed E-state index contributed by atoms with van der Waals surface area (Å²) in [6, 6.07) is 6.10. The molecular formula is C10H7Br2N. The lowest BCUT2D eigenvalue weighted by Gasteiger charge is -2.04. The molecule has 0 fully saturated rings. The van der Waals surface area contributed by atoms with Gasteiger partial charge in [0.25, 0.3) is 0 Å². The van der Waals surface area contributed by atoms with Crippen LogP contribution in [0.4, 0.5) is 0 Å². The molecule has 0 unspecified atom stereocenters. The van der Waals surface area contributed by atoms with E-state index < -0.39 is 0 Å². The Balaban J connectivity index is 2.94. The van der Waals surface area contributed by atoms with Crippen molar-refractivity contribution in [3.05, 3.63) is 38.9 Å². The smallest absolute Gasteiger partial charge is 0.0847 e. The van der Waals surface area contributed by atoms with Crippen LogP contribution in [0.1, 0.15) is 5.56 Å². The summed E-state index contributed by atoms with van der Waals surface area (Å²) in [5, 5.41) is 1.18. The number of nitrogens with zero attached hydrogens (tertiary/aromatic N) is 1. The van der Waals surface area contributed by atoms with E-state index in [0.29, 0.717) is 0 Å². The molecule has 0 saturated carbocycles. The van der Waals surface area contributed by atoms with E-state index in [1.807, 2.05) is 18.3 Å². The number of aryl methyl sites for hydroxylation is 1. The number of halogens is 2. The number of hydrogen-bond acceptors (Lipinski definition) is 1. The third kappa shape index (κ3) is 1.51. The maximum absolute atomic E-state index is 4.35. The highest BCUT2D eigenvalue weighted by Crippen LogP contribution is 2.27. The Morgan fingerprint density at radius 2 is 1.92 bits per heavy atom. The van der Waals surface area contributed by atoms with Crippen LogP contribution in [-0.4, -0.2) is 4.98 Å². The molecule has 0 aliphatic rings. The van der Waals surface area contributed by atoms with Gasteiger partial charge in [-0.15, -0.1) is 0 Å². The maximum atomic E-state index is 4.35. The summed E-state index contributed by atoms with van der Waals surface area (Å²) in [5.74, 6) is 0. The van der Waals surface area contributed by atoms with Gasteiger partial charge >= 0.3 is 0 Å². The summed E-state index contributed by atoms with van der Waals surface area (Å²) in [6.07, 6.45) is 1.84. The van der Waals surface area contributed by atoms with Crippen LogP contribution in [0.15, 0.2) is 33.3 Å². The van der Waals surface area contributed by atoms with Gasteiger partial charge in [0.2, 0.25) is 0 Å². The van der Waals surface area contributed by atoms with Gasteiger partial charge in [-0.25, -0.2) is 0 Å². The molecule has 13 heavy (non-hydrogen) atoms. The second-order valence-corrected chi connectivity index (χ2v) is 4.58. The van der Waals surface area contributed by atoms with E-state index in [-0.39, 0.29) is 0 Å². The fraction of sp³-hybridized carbons (Fsp3) is 0.100. The van der Waals surface area contributed by atoms with Gasteiger partial charge in [-0.3, -0.25) is 4.98 Å². The Morgan fingerprint density at radius 1 is 1.15 bits per heavy atom. The Morgan fingerprint density at radius 3 is 2.69 bits per heavy atom. The summed E-state index contributed by atoms with van der Waals surface area (Å²) in [6.45, 7) is 2.08. The lowest BCUT2D eigenvalue weighted by Crippen LogP contribution is -1.85. The Hall–Kier alpha value is -0.410.